The topological polar surface area (TPSA) is 53.5 Å². The lowest BCUT2D eigenvalue weighted by Crippen LogP contribution is -2.01. The Kier molecular flexibility index (Phi) is 12.2. The van der Waals surface area contributed by atoms with Gasteiger partial charge in [-0.1, -0.05) is 87.5 Å². The minimum Gasteiger partial charge on any atom is -0.310 e. The van der Waals surface area contributed by atoms with Crippen LogP contribution in [-0.2, 0) is 32.1 Å². The fourth-order valence-electron chi connectivity index (χ4n) is 9.46. The number of fused-ring (bicyclic) bond motifs is 6. The second-order valence-electron chi connectivity index (χ2n) is 16.4. The van der Waals surface area contributed by atoms with Crippen LogP contribution in [0, 0.1) is 6.92 Å². The summed E-state index contributed by atoms with van der Waals surface area (Å²) in [7, 11) is 0. The van der Waals surface area contributed by atoms with Crippen LogP contribution in [0.5, 0.6) is 0 Å². The predicted molar refractivity (Wildman–Crippen MR) is 270 cm³/mol. The van der Waals surface area contributed by atoms with E-state index in [1.807, 2.05) is 37.9 Å². The van der Waals surface area contributed by atoms with Crippen molar-refractivity contribution in [3.05, 3.63) is 203 Å². The zero-order chi connectivity index (χ0) is 44.2. The van der Waals surface area contributed by atoms with Crippen LogP contribution in [-0.4, -0.2) is 28.7 Å². The zero-order valence-electron chi connectivity index (χ0n) is 37.9. The molecule has 6 heterocycles. The lowest BCUT2D eigenvalue weighted by molar-refractivity contribution is 0.953. The zero-order valence-corrected chi connectivity index (χ0v) is 37.9. The molecule has 0 unspecified atom stereocenters. The summed E-state index contributed by atoms with van der Waals surface area (Å²) >= 11 is 0. The second-order valence-corrected chi connectivity index (χ2v) is 16.4. The molecule has 0 aliphatic heterocycles. The van der Waals surface area contributed by atoms with Crippen molar-refractivity contribution in [2.45, 2.75) is 73.6 Å². The first-order chi connectivity index (χ1) is 31.5. The van der Waals surface area contributed by atoms with Gasteiger partial charge in [-0.05, 0) is 154 Å². The molecule has 0 amide bonds. The van der Waals surface area contributed by atoms with Crippen LogP contribution in [0.25, 0.3) is 72.8 Å². The highest BCUT2D eigenvalue weighted by atomic mass is 15.0. The molecular weight excluding hydrogens is 781 g/mol. The van der Waals surface area contributed by atoms with Crippen molar-refractivity contribution >= 4 is 55.8 Å². The van der Waals surface area contributed by atoms with E-state index in [0.29, 0.717) is 0 Å². The van der Waals surface area contributed by atoms with Gasteiger partial charge in [0.1, 0.15) is 0 Å². The molecule has 0 N–H and O–H groups in total. The van der Waals surface area contributed by atoms with Crippen molar-refractivity contribution in [3.8, 4) is 17.1 Å². The average Bonchev–Trinajstić information content (AvgIpc) is 3.96. The maximum Gasteiger partial charge on any atom is 0.0574 e. The highest BCUT2D eigenvalue weighted by Crippen LogP contribution is 2.34. The molecule has 0 atom stereocenters. The second kappa shape index (κ2) is 18.6. The molecule has 4 aromatic carbocycles. The van der Waals surface area contributed by atoms with Crippen LogP contribution in [0.15, 0.2) is 158 Å². The third kappa shape index (κ3) is 7.85. The number of pyridine rings is 3. The Bertz CT molecular complexity index is 3190. The lowest BCUT2D eigenvalue weighted by Gasteiger charge is -2.12. The van der Waals surface area contributed by atoms with E-state index >= 15 is 0 Å². The molecule has 0 bridgehead atoms. The van der Waals surface area contributed by atoms with E-state index in [1.54, 1.807) is 0 Å². The minimum absolute atomic E-state index is 0.998. The quantitative estimate of drug-likeness (QED) is 0.130. The van der Waals surface area contributed by atoms with Gasteiger partial charge in [0, 0.05) is 86.7 Å². The van der Waals surface area contributed by atoms with Crippen molar-refractivity contribution in [1.29, 1.82) is 0 Å². The molecule has 0 saturated carbocycles. The molecule has 10 aromatic rings. The monoisotopic (exact) mass is 836 g/mol. The Morgan fingerprint density at radius 3 is 1.41 bits per heavy atom. The summed E-state index contributed by atoms with van der Waals surface area (Å²) in [5.74, 6) is 0. The van der Waals surface area contributed by atoms with Gasteiger partial charge in [-0.25, -0.2) is 0 Å². The van der Waals surface area contributed by atoms with Gasteiger partial charge in [-0.3, -0.25) is 15.0 Å². The van der Waals surface area contributed by atoms with Crippen molar-refractivity contribution in [2.24, 2.45) is 0 Å². The molecule has 10 rings (SSSR count). The van der Waals surface area contributed by atoms with Gasteiger partial charge in [-0.15, -0.1) is 0 Å². The maximum atomic E-state index is 4.48. The third-order valence-electron chi connectivity index (χ3n) is 12.6. The molecule has 0 saturated heterocycles. The van der Waals surface area contributed by atoms with E-state index in [9.17, 15) is 0 Å². The minimum atomic E-state index is 0.998. The predicted octanol–water partition coefficient (Wildman–Crippen LogP) is 14.4. The van der Waals surface area contributed by atoms with E-state index in [2.05, 4.69) is 203 Å². The Morgan fingerprint density at radius 2 is 0.906 bits per heavy atom. The Balaban J connectivity index is 0.000000197. The SMILES string of the molecule is C/C=C\c1c(CC)c(CC)c(/C=C\C)n1-c1ccc(CCc2ccc(-n3c4ccncc4c4cnccc43)cc2)cc1.CCc1ccc(-n2c3ccccc3c3cnc(C)cc32)cc1. The van der Waals surface area contributed by atoms with Gasteiger partial charge in [0.2, 0.25) is 0 Å². The highest BCUT2D eigenvalue weighted by Gasteiger charge is 2.19. The molecule has 318 valence electrons. The fourth-order valence-corrected chi connectivity index (χ4v) is 9.46. The highest BCUT2D eigenvalue weighted by molar-refractivity contribution is 6.09. The molecule has 6 aromatic heterocycles. The third-order valence-corrected chi connectivity index (χ3v) is 12.6. The number of nitrogens with zero attached hydrogens (tertiary/aromatic N) is 6. The molecule has 0 spiro atoms. The number of hydrogen-bond donors (Lipinski definition) is 0. The van der Waals surface area contributed by atoms with Crippen molar-refractivity contribution in [1.82, 2.24) is 28.7 Å². The number of allylic oxidation sites excluding steroid dienone is 2. The van der Waals surface area contributed by atoms with Crippen molar-refractivity contribution < 1.29 is 0 Å². The number of hydrogen-bond acceptors (Lipinski definition) is 3. The van der Waals surface area contributed by atoms with E-state index in [0.717, 1.165) is 65.3 Å². The van der Waals surface area contributed by atoms with Crippen molar-refractivity contribution in [3.63, 3.8) is 0 Å². The Hall–Kier alpha value is -7.31. The number of rotatable bonds is 11. The van der Waals surface area contributed by atoms with Crippen LogP contribution in [0.1, 0.15) is 79.5 Å². The Morgan fingerprint density at radius 1 is 0.453 bits per heavy atom. The van der Waals surface area contributed by atoms with Gasteiger partial charge < -0.3 is 13.7 Å². The van der Waals surface area contributed by atoms with Crippen LogP contribution >= 0.6 is 0 Å². The summed E-state index contributed by atoms with van der Waals surface area (Å²) in [6, 6.07) is 41.8. The van der Waals surface area contributed by atoms with E-state index < -0.39 is 0 Å². The van der Waals surface area contributed by atoms with Gasteiger partial charge in [0.15, 0.2) is 0 Å². The Labute approximate surface area is 376 Å². The fraction of sp³-hybridized carbons (Fsp3) is 0.190. The molecule has 0 aliphatic rings. The summed E-state index contributed by atoms with van der Waals surface area (Å²) in [4.78, 5) is 13.2. The first kappa shape index (κ1) is 42.0. The van der Waals surface area contributed by atoms with Crippen LogP contribution in [0.2, 0.25) is 0 Å². The standard InChI is InChI=1S/C38H38N4.C20H18N2/c1-5-9-35-31(7-3)32(8-4)36(10-6-2)41(35)29-17-13-27(14-18-29)11-12-28-15-19-30(20-16-28)42-37-21-23-39-25-33(37)34-26-40-24-22-38(34)42;1-3-15-8-10-16(11-9-15)22-19-7-5-4-6-17(19)18-13-21-14(2)12-20(18)22/h5-6,9-10,13-26H,7-8,11-12H2,1-4H3;4-13H,3H2,1-2H3/b9-5-,10-6-;. The number of aromatic nitrogens is 6. The smallest absolute Gasteiger partial charge is 0.0574 e. The normalized spacial score (nSPS) is 11.8. The lowest BCUT2D eigenvalue weighted by atomic mass is 10.0. The van der Waals surface area contributed by atoms with Gasteiger partial charge in [0.05, 0.1) is 22.1 Å². The van der Waals surface area contributed by atoms with Crippen LogP contribution in [0.4, 0.5) is 0 Å². The summed E-state index contributed by atoms with van der Waals surface area (Å²) in [6.45, 7) is 13.0. The number of aryl methyl sites for hydroxylation is 4. The average molecular weight is 837 g/mol. The molecule has 6 heteroatoms. The van der Waals surface area contributed by atoms with E-state index in [1.165, 1.54) is 72.4 Å². The molecule has 64 heavy (non-hydrogen) atoms. The number of para-hydroxylation sites is 1. The molecule has 6 nitrogen and oxygen atoms in total. The molecule has 0 aliphatic carbocycles. The van der Waals surface area contributed by atoms with Crippen molar-refractivity contribution in [2.75, 3.05) is 0 Å². The first-order valence-corrected chi connectivity index (χ1v) is 22.8. The van der Waals surface area contributed by atoms with E-state index in [4.69, 9.17) is 0 Å². The summed E-state index contributed by atoms with van der Waals surface area (Å²) in [5, 5.41) is 4.71. The summed E-state index contributed by atoms with van der Waals surface area (Å²) in [5.41, 5.74) is 18.9. The largest absolute Gasteiger partial charge is 0.310 e. The van der Waals surface area contributed by atoms with Crippen LogP contribution < -0.4 is 0 Å². The molecular formula is C58H56N6. The summed E-state index contributed by atoms with van der Waals surface area (Å²) in [6.07, 6.45) is 23.5. The van der Waals surface area contributed by atoms with E-state index in [-0.39, 0.29) is 0 Å². The molecule has 0 radical (unpaired) electrons. The van der Waals surface area contributed by atoms with Gasteiger partial charge in [-0.2, -0.15) is 0 Å². The summed E-state index contributed by atoms with van der Waals surface area (Å²) < 4.78 is 7.06. The van der Waals surface area contributed by atoms with Gasteiger partial charge >= 0.3 is 0 Å². The number of benzene rings is 4. The maximum absolute atomic E-state index is 4.48. The van der Waals surface area contributed by atoms with Crippen LogP contribution in [0.3, 0.4) is 0 Å². The molecule has 0 fully saturated rings. The first-order valence-electron chi connectivity index (χ1n) is 22.8. The van der Waals surface area contributed by atoms with Gasteiger partial charge in [0.25, 0.3) is 0 Å².